The second kappa shape index (κ2) is 3.90. The predicted octanol–water partition coefficient (Wildman–Crippen LogP) is 2.18. The van der Waals surface area contributed by atoms with Gasteiger partial charge in [-0.15, -0.1) is 11.3 Å². The highest BCUT2D eigenvalue weighted by Crippen LogP contribution is 2.49. The van der Waals surface area contributed by atoms with Crippen LogP contribution in [0.1, 0.15) is 24.6 Å². The molecule has 0 bridgehead atoms. The fourth-order valence-electron chi connectivity index (χ4n) is 3.54. The van der Waals surface area contributed by atoms with Crippen molar-refractivity contribution in [2.45, 2.75) is 32.2 Å². The zero-order valence-electron chi connectivity index (χ0n) is 11.1. The lowest BCUT2D eigenvalue weighted by Crippen LogP contribution is -2.65. The monoisotopic (exact) mass is 274 g/mol. The van der Waals surface area contributed by atoms with Gasteiger partial charge in [-0.1, -0.05) is 6.92 Å². The minimum atomic E-state index is 0.431. The summed E-state index contributed by atoms with van der Waals surface area (Å²) in [7, 11) is 0. The molecule has 0 aromatic carbocycles. The van der Waals surface area contributed by atoms with Gasteiger partial charge < -0.3 is 10.6 Å². The first-order valence-corrected chi connectivity index (χ1v) is 7.75. The Balaban J connectivity index is 1.63. The number of hydrogen-bond acceptors (Lipinski definition) is 5. The Morgan fingerprint density at radius 3 is 2.89 bits per heavy atom. The molecular weight excluding hydrogens is 256 g/mol. The molecule has 1 saturated carbocycles. The van der Waals surface area contributed by atoms with Crippen LogP contribution in [0.5, 0.6) is 0 Å². The van der Waals surface area contributed by atoms with E-state index >= 15 is 0 Å². The van der Waals surface area contributed by atoms with Gasteiger partial charge in [0.25, 0.3) is 0 Å². The summed E-state index contributed by atoms with van der Waals surface area (Å²) in [5, 5.41) is 1.22. The van der Waals surface area contributed by atoms with Crippen LogP contribution in [-0.2, 0) is 6.42 Å². The van der Waals surface area contributed by atoms with Crippen molar-refractivity contribution in [3.8, 4) is 0 Å². The molecule has 0 atom stereocenters. The Morgan fingerprint density at radius 1 is 1.42 bits per heavy atom. The SMILES string of the molecule is CCc1cc2c(N3CC4(CC(N)C4)C3)ncnc2s1. The van der Waals surface area contributed by atoms with Crippen LogP contribution in [0.15, 0.2) is 12.4 Å². The van der Waals surface area contributed by atoms with Gasteiger partial charge in [-0.3, -0.25) is 0 Å². The standard InChI is InChI=1S/C14H18N4S/c1-2-10-3-11-12(16-8-17-13(11)19-10)18-6-14(7-18)4-9(15)5-14/h3,8-9H,2,4-7,15H2,1H3. The molecule has 1 aliphatic heterocycles. The van der Waals surface area contributed by atoms with Gasteiger partial charge in [0.15, 0.2) is 0 Å². The van der Waals surface area contributed by atoms with Crippen molar-refractivity contribution in [1.29, 1.82) is 0 Å². The maximum Gasteiger partial charge on any atom is 0.140 e. The Labute approximate surface area is 116 Å². The van der Waals surface area contributed by atoms with Crippen molar-refractivity contribution in [2.75, 3.05) is 18.0 Å². The van der Waals surface area contributed by atoms with Crippen LogP contribution in [0.4, 0.5) is 5.82 Å². The van der Waals surface area contributed by atoms with Crippen molar-refractivity contribution in [3.05, 3.63) is 17.3 Å². The van der Waals surface area contributed by atoms with Crippen LogP contribution >= 0.6 is 11.3 Å². The first-order valence-electron chi connectivity index (χ1n) is 6.93. The van der Waals surface area contributed by atoms with Gasteiger partial charge in [-0.25, -0.2) is 9.97 Å². The van der Waals surface area contributed by atoms with E-state index in [1.807, 2.05) is 0 Å². The van der Waals surface area contributed by atoms with Crippen LogP contribution < -0.4 is 10.6 Å². The molecular formula is C14H18N4S. The van der Waals surface area contributed by atoms with Gasteiger partial charge in [0.05, 0.1) is 5.39 Å². The van der Waals surface area contributed by atoms with Gasteiger partial charge in [-0.2, -0.15) is 0 Å². The quantitative estimate of drug-likeness (QED) is 0.912. The third-order valence-electron chi connectivity index (χ3n) is 4.45. The van der Waals surface area contributed by atoms with E-state index in [-0.39, 0.29) is 0 Å². The fraction of sp³-hybridized carbons (Fsp3) is 0.571. The lowest BCUT2D eigenvalue weighted by molar-refractivity contribution is 0.0661. The molecule has 100 valence electrons. The summed E-state index contributed by atoms with van der Waals surface area (Å²) in [4.78, 5) is 13.8. The Bertz CT molecular complexity index is 621. The maximum atomic E-state index is 5.92. The third-order valence-corrected chi connectivity index (χ3v) is 5.64. The number of rotatable bonds is 2. The number of aryl methyl sites for hydroxylation is 1. The fourth-order valence-corrected chi connectivity index (χ4v) is 4.47. The molecule has 2 N–H and O–H groups in total. The second-order valence-corrected chi connectivity index (χ2v) is 7.12. The van der Waals surface area contributed by atoms with Gasteiger partial charge in [-0.05, 0) is 25.3 Å². The molecule has 2 fully saturated rings. The smallest absolute Gasteiger partial charge is 0.140 e. The van der Waals surface area contributed by atoms with Crippen LogP contribution in [0.3, 0.4) is 0 Å². The molecule has 1 saturated heterocycles. The lowest BCUT2D eigenvalue weighted by Gasteiger charge is -2.58. The van der Waals surface area contributed by atoms with Crippen molar-refractivity contribution >= 4 is 27.4 Å². The molecule has 2 aromatic rings. The molecule has 0 amide bonds. The molecule has 0 radical (unpaired) electrons. The molecule has 3 heterocycles. The first kappa shape index (κ1) is 11.6. The summed E-state index contributed by atoms with van der Waals surface area (Å²) in [6, 6.07) is 2.69. The largest absolute Gasteiger partial charge is 0.355 e. The zero-order valence-corrected chi connectivity index (χ0v) is 11.9. The minimum absolute atomic E-state index is 0.431. The molecule has 5 heteroatoms. The highest BCUT2D eigenvalue weighted by Gasteiger charge is 2.51. The molecule has 4 nitrogen and oxygen atoms in total. The van der Waals surface area contributed by atoms with Crippen molar-refractivity contribution < 1.29 is 0 Å². The summed E-state index contributed by atoms with van der Waals surface area (Å²) < 4.78 is 0. The topological polar surface area (TPSA) is 55.0 Å². The third kappa shape index (κ3) is 1.68. The van der Waals surface area contributed by atoms with Gasteiger partial charge in [0.1, 0.15) is 17.0 Å². The van der Waals surface area contributed by atoms with Crippen LogP contribution in [-0.4, -0.2) is 29.1 Å². The molecule has 0 unspecified atom stereocenters. The number of fused-ring (bicyclic) bond motifs is 1. The van der Waals surface area contributed by atoms with Crippen LogP contribution in [0.25, 0.3) is 10.2 Å². The van der Waals surface area contributed by atoms with Crippen LogP contribution in [0, 0.1) is 5.41 Å². The highest BCUT2D eigenvalue weighted by molar-refractivity contribution is 7.18. The summed E-state index contributed by atoms with van der Waals surface area (Å²) in [6.45, 7) is 4.42. The van der Waals surface area contributed by atoms with E-state index in [0.717, 1.165) is 30.2 Å². The number of hydrogen-bond donors (Lipinski definition) is 1. The van der Waals surface area contributed by atoms with E-state index < -0.39 is 0 Å². The van der Waals surface area contributed by atoms with Crippen molar-refractivity contribution in [1.82, 2.24) is 9.97 Å². The normalized spacial score (nSPS) is 21.7. The van der Waals surface area contributed by atoms with E-state index in [2.05, 4.69) is 27.9 Å². The summed E-state index contributed by atoms with van der Waals surface area (Å²) in [5.74, 6) is 1.12. The van der Waals surface area contributed by atoms with Gasteiger partial charge >= 0.3 is 0 Å². The summed E-state index contributed by atoms with van der Waals surface area (Å²) in [6.07, 6.45) is 5.13. The van der Waals surface area contributed by atoms with E-state index in [9.17, 15) is 0 Å². The maximum absolute atomic E-state index is 5.92. The second-order valence-electron chi connectivity index (χ2n) is 6.01. The molecule has 1 spiro atoms. The molecule has 1 aliphatic carbocycles. The number of anilines is 1. The molecule has 19 heavy (non-hydrogen) atoms. The van der Waals surface area contributed by atoms with E-state index in [1.165, 1.54) is 23.1 Å². The first-order chi connectivity index (χ1) is 9.19. The summed E-state index contributed by atoms with van der Waals surface area (Å²) >= 11 is 1.79. The lowest BCUT2D eigenvalue weighted by atomic mass is 9.61. The predicted molar refractivity (Wildman–Crippen MR) is 78.6 cm³/mol. The number of aromatic nitrogens is 2. The van der Waals surface area contributed by atoms with Gasteiger partial charge in [0, 0.05) is 29.4 Å². The van der Waals surface area contributed by atoms with Crippen molar-refractivity contribution in [2.24, 2.45) is 11.1 Å². The number of nitrogens with two attached hydrogens (primary N) is 1. The molecule has 2 aliphatic rings. The highest BCUT2D eigenvalue weighted by atomic mass is 32.1. The van der Waals surface area contributed by atoms with E-state index in [4.69, 9.17) is 5.73 Å². The minimum Gasteiger partial charge on any atom is -0.355 e. The van der Waals surface area contributed by atoms with Crippen LogP contribution in [0.2, 0.25) is 0 Å². The summed E-state index contributed by atoms with van der Waals surface area (Å²) in [5.41, 5.74) is 6.42. The number of nitrogens with zero attached hydrogens (tertiary/aromatic N) is 3. The average Bonchev–Trinajstić information content (AvgIpc) is 2.74. The molecule has 2 aromatic heterocycles. The number of thiophene rings is 1. The van der Waals surface area contributed by atoms with E-state index in [1.54, 1.807) is 17.7 Å². The molecule has 4 rings (SSSR count). The zero-order chi connectivity index (χ0) is 13.0. The Morgan fingerprint density at radius 2 is 2.21 bits per heavy atom. The Kier molecular flexibility index (Phi) is 2.38. The average molecular weight is 274 g/mol. The van der Waals surface area contributed by atoms with Gasteiger partial charge in [0.2, 0.25) is 0 Å². The van der Waals surface area contributed by atoms with E-state index in [0.29, 0.717) is 11.5 Å². The van der Waals surface area contributed by atoms with Crippen molar-refractivity contribution in [3.63, 3.8) is 0 Å². The Hall–Kier alpha value is -1.20.